The van der Waals surface area contributed by atoms with E-state index in [4.69, 9.17) is 10.00 Å². The Morgan fingerprint density at radius 2 is 2.04 bits per heavy atom. The molecule has 0 fully saturated rings. The minimum atomic E-state index is -0.356. The summed E-state index contributed by atoms with van der Waals surface area (Å²) in [5.74, 6) is 0.0442. The molecule has 2 amide bonds. The molecule has 0 atom stereocenters. The van der Waals surface area contributed by atoms with E-state index in [1.807, 2.05) is 31.2 Å². The van der Waals surface area contributed by atoms with E-state index in [2.05, 4.69) is 10.4 Å². The first-order chi connectivity index (χ1) is 13.1. The minimum absolute atomic E-state index is 0.0364. The summed E-state index contributed by atoms with van der Waals surface area (Å²) in [7, 11) is 0. The zero-order chi connectivity index (χ0) is 19.2. The van der Waals surface area contributed by atoms with Crippen LogP contribution in [0.2, 0.25) is 0 Å². The van der Waals surface area contributed by atoms with Gasteiger partial charge in [0.15, 0.2) is 6.61 Å². The fourth-order valence-electron chi connectivity index (χ4n) is 2.63. The number of hydrogen-bond acceptors (Lipinski definition) is 5. The Morgan fingerprint density at radius 3 is 2.74 bits per heavy atom. The second-order valence-electron chi connectivity index (χ2n) is 6.02. The molecule has 2 aromatic carbocycles. The van der Waals surface area contributed by atoms with Gasteiger partial charge in [-0.15, -0.1) is 0 Å². The molecule has 7 nitrogen and oxygen atoms in total. The summed E-state index contributed by atoms with van der Waals surface area (Å²) in [6.45, 7) is 1.89. The van der Waals surface area contributed by atoms with Crippen LogP contribution in [-0.2, 0) is 9.59 Å². The first-order valence-electron chi connectivity index (χ1n) is 8.45. The van der Waals surface area contributed by atoms with Crippen molar-refractivity contribution in [1.82, 2.24) is 0 Å². The summed E-state index contributed by atoms with van der Waals surface area (Å²) in [5, 5.41) is 16.8. The van der Waals surface area contributed by atoms with Crippen LogP contribution in [0.1, 0.15) is 18.4 Å². The topological polar surface area (TPSA) is 94.8 Å². The number of amides is 2. The number of carbonyl (C=O) groups excluding carboxylic acids is 2. The summed E-state index contributed by atoms with van der Waals surface area (Å²) < 4.78 is 5.17. The van der Waals surface area contributed by atoms with Gasteiger partial charge in [-0.05, 0) is 48.9 Å². The number of carbonyl (C=O) groups is 2. The quantitative estimate of drug-likeness (QED) is 0.884. The third-order valence-electron chi connectivity index (χ3n) is 3.96. The van der Waals surface area contributed by atoms with Gasteiger partial charge in [0.2, 0.25) is 5.91 Å². The lowest BCUT2D eigenvalue weighted by Crippen LogP contribution is -2.36. The van der Waals surface area contributed by atoms with Crippen molar-refractivity contribution in [2.45, 2.75) is 19.8 Å². The van der Waals surface area contributed by atoms with Crippen molar-refractivity contribution < 1.29 is 14.3 Å². The van der Waals surface area contributed by atoms with Gasteiger partial charge in [-0.25, -0.2) is 5.01 Å². The van der Waals surface area contributed by atoms with Crippen molar-refractivity contribution >= 4 is 28.9 Å². The van der Waals surface area contributed by atoms with Gasteiger partial charge >= 0.3 is 0 Å². The van der Waals surface area contributed by atoms with Crippen molar-refractivity contribution in [3.8, 4) is 11.8 Å². The van der Waals surface area contributed by atoms with Crippen LogP contribution >= 0.6 is 0 Å². The van der Waals surface area contributed by atoms with Crippen molar-refractivity contribution in [2.75, 3.05) is 16.9 Å². The highest BCUT2D eigenvalue weighted by Gasteiger charge is 2.25. The average Bonchev–Trinajstić information content (AvgIpc) is 2.67. The number of ether oxygens (including phenoxy) is 1. The Morgan fingerprint density at radius 1 is 1.26 bits per heavy atom. The third-order valence-corrected chi connectivity index (χ3v) is 3.96. The second-order valence-corrected chi connectivity index (χ2v) is 6.02. The van der Waals surface area contributed by atoms with Crippen LogP contribution in [0.4, 0.5) is 11.4 Å². The maximum absolute atomic E-state index is 12.5. The molecule has 1 aliphatic heterocycles. The molecule has 0 bridgehead atoms. The Labute approximate surface area is 156 Å². The lowest BCUT2D eigenvalue weighted by Gasteiger charge is -2.23. The van der Waals surface area contributed by atoms with Gasteiger partial charge < -0.3 is 10.1 Å². The van der Waals surface area contributed by atoms with Crippen molar-refractivity contribution in [2.24, 2.45) is 5.10 Å². The van der Waals surface area contributed by atoms with E-state index in [9.17, 15) is 9.59 Å². The van der Waals surface area contributed by atoms with Crippen LogP contribution in [0.15, 0.2) is 53.6 Å². The van der Waals surface area contributed by atoms with Crippen LogP contribution in [0.3, 0.4) is 0 Å². The van der Waals surface area contributed by atoms with E-state index >= 15 is 0 Å². The molecule has 136 valence electrons. The molecule has 0 radical (unpaired) electrons. The second kappa shape index (κ2) is 8.15. The van der Waals surface area contributed by atoms with Gasteiger partial charge in [-0.2, -0.15) is 10.4 Å². The molecular weight excluding hydrogens is 344 g/mol. The Hall–Kier alpha value is -3.66. The van der Waals surface area contributed by atoms with Gasteiger partial charge in [0.05, 0.1) is 5.69 Å². The zero-order valence-electron chi connectivity index (χ0n) is 14.8. The molecule has 1 heterocycles. The number of aryl methyl sites for hydroxylation is 1. The molecule has 0 spiro atoms. The molecule has 7 heteroatoms. The largest absolute Gasteiger partial charge is 0.479 e. The highest BCUT2D eigenvalue weighted by molar-refractivity contribution is 6.44. The number of nitrogens with one attached hydrogen (secondary N) is 1. The predicted octanol–water partition coefficient (Wildman–Crippen LogP) is 3.02. The molecule has 0 aromatic heterocycles. The van der Waals surface area contributed by atoms with Crippen LogP contribution in [0, 0.1) is 18.3 Å². The molecule has 27 heavy (non-hydrogen) atoms. The van der Waals surface area contributed by atoms with E-state index in [1.165, 1.54) is 5.01 Å². The van der Waals surface area contributed by atoms with Crippen molar-refractivity contribution in [3.63, 3.8) is 0 Å². The first kappa shape index (κ1) is 18.1. The maximum Gasteiger partial charge on any atom is 0.271 e. The summed E-state index contributed by atoms with van der Waals surface area (Å²) >= 11 is 0. The molecule has 2 aromatic rings. The number of benzene rings is 2. The smallest absolute Gasteiger partial charge is 0.271 e. The predicted molar refractivity (Wildman–Crippen MR) is 102 cm³/mol. The maximum atomic E-state index is 12.5. The van der Waals surface area contributed by atoms with E-state index in [-0.39, 0.29) is 31.3 Å². The first-order valence-corrected chi connectivity index (χ1v) is 8.45. The third kappa shape index (κ3) is 4.50. The molecule has 1 aliphatic rings. The summed E-state index contributed by atoms with van der Waals surface area (Å²) in [6.07, 6.45) is 0.511. The Balaban J connectivity index is 1.73. The van der Waals surface area contributed by atoms with E-state index in [0.29, 0.717) is 22.8 Å². The normalized spacial score (nSPS) is 13.6. The van der Waals surface area contributed by atoms with Gasteiger partial charge in [-0.3, -0.25) is 9.59 Å². The van der Waals surface area contributed by atoms with Crippen LogP contribution in [0.5, 0.6) is 5.75 Å². The van der Waals surface area contributed by atoms with Gasteiger partial charge in [-0.1, -0.05) is 12.1 Å². The lowest BCUT2D eigenvalue weighted by atomic mass is 10.1. The van der Waals surface area contributed by atoms with Crippen LogP contribution in [-0.4, -0.2) is 24.1 Å². The summed E-state index contributed by atoms with van der Waals surface area (Å²) in [4.78, 5) is 24.7. The highest BCUT2D eigenvalue weighted by atomic mass is 16.5. The average molecular weight is 362 g/mol. The Kier molecular flexibility index (Phi) is 5.47. The molecule has 0 unspecified atom stereocenters. The number of anilines is 2. The number of rotatable bonds is 5. The SMILES string of the molecule is Cc1cccc(N2N=C(C(=O)Nc3ccc(OCC#N)cc3)CCC2=O)c1. The van der Waals surface area contributed by atoms with Gasteiger partial charge in [0, 0.05) is 18.5 Å². The Bertz CT molecular complexity index is 929. The van der Waals surface area contributed by atoms with E-state index < -0.39 is 0 Å². The lowest BCUT2D eigenvalue weighted by molar-refractivity contribution is -0.118. The monoisotopic (exact) mass is 362 g/mol. The molecule has 1 N–H and O–H groups in total. The number of hydrogen-bond donors (Lipinski definition) is 1. The molecule has 0 saturated heterocycles. The van der Waals surface area contributed by atoms with Crippen molar-refractivity contribution in [1.29, 1.82) is 5.26 Å². The van der Waals surface area contributed by atoms with Crippen molar-refractivity contribution in [3.05, 3.63) is 54.1 Å². The van der Waals surface area contributed by atoms with E-state index in [0.717, 1.165) is 5.56 Å². The van der Waals surface area contributed by atoms with Crippen LogP contribution < -0.4 is 15.1 Å². The molecule has 0 aliphatic carbocycles. The summed E-state index contributed by atoms with van der Waals surface area (Å²) in [5.41, 5.74) is 2.52. The number of hydrazone groups is 1. The summed E-state index contributed by atoms with van der Waals surface area (Å²) in [6, 6.07) is 16.0. The number of nitrogens with zero attached hydrogens (tertiary/aromatic N) is 3. The fraction of sp³-hybridized carbons (Fsp3) is 0.200. The van der Waals surface area contributed by atoms with Gasteiger partial charge in [0.1, 0.15) is 17.5 Å². The number of nitriles is 1. The minimum Gasteiger partial charge on any atom is -0.479 e. The molecular formula is C20H18N4O3. The van der Waals surface area contributed by atoms with Crippen LogP contribution in [0.25, 0.3) is 0 Å². The van der Waals surface area contributed by atoms with Gasteiger partial charge in [0.25, 0.3) is 5.91 Å². The fourth-order valence-corrected chi connectivity index (χ4v) is 2.63. The van der Waals surface area contributed by atoms with E-state index in [1.54, 1.807) is 30.3 Å². The molecule has 3 rings (SSSR count). The standard InChI is InChI=1S/C20H18N4O3/c1-14-3-2-4-16(13-14)24-19(25)10-9-18(23-24)20(26)22-15-5-7-17(8-6-15)27-12-11-21/h2-8,13H,9-10,12H2,1H3,(H,22,26). The highest BCUT2D eigenvalue weighted by Crippen LogP contribution is 2.22. The molecule has 0 saturated carbocycles. The zero-order valence-corrected chi connectivity index (χ0v) is 14.8.